The van der Waals surface area contributed by atoms with Crippen LogP contribution < -0.4 is 10.6 Å². The van der Waals surface area contributed by atoms with Crippen molar-refractivity contribution in [3.63, 3.8) is 0 Å². The molecule has 152 valence electrons. The molecule has 1 atom stereocenters. The summed E-state index contributed by atoms with van der Waals surface area (Å²) >= 11 is 6.04. The predicted molar refractivity (Wildman–Crippen MR) is 113 cm³/mol. The van der Waals surface area contributed by atoms with Crippen molar-refractivity contribution in [2.45, 2.75) is 32.2 Å². The van der Waals surface area contributed by atoms with Crippen LogP contribution in [0.2, 0.25) is 5.02 Å². The number of piperidine rings is 1. The quantitative estimate of drug-likeness (QED) is 0.715. The van der Waals surface area contributed by atoms with Crippen molar-refractivity contribution >= 4 is 41.0 Å². The summed E-state index contributed by atoms with van der Waals surface area (Å²) < 4.78 is 14.0. The van der Waals surface area contributed by atoms with Gasteiger partial charge in [0.05, 0.1) is 11.2 Å². The molecule has 8 heteroatoms. The lowest BCUT2D eigenvalue weighted by atomic mass is 10.0. The lowest BCUT2D eigenvalue weighted by Crippen LogP contribution is -2.44. The molecule has 0 aromatic heterocycles. The summed E-state index contributed by atoms with van der Waals surface area (Å²) in [5.41, 5.74) is 1.48. The van der Waals surface area contributed by atoms with Gasteiger partial charge in [0.2, 0.25) is 11.8 Å². The molecule has 6 nitrogen and oxygen atoms in total. The number of carbonyl (C=O) groups is 2. The lowest BCUT2D eigenvalue weighted by Gasteiger charge is -2.32. The number of benzene rings is 2. The molecule has 0 bridgehead atoms. The molecule has 3 rings (SSSR count). The van der Waals surface area contributed by atoms with Gasteiger partial charge < -0.3 is 10.6 Å². The monoisotopic (exact) mass is 416 g/mol. The molecule has 1 aliphatic heterocycles. The molecule has 1 fully saturated rings. The van der Waals surface area contributed by atoms with Gasteiger partial charge in [-0.25, -0.2) is 4.39 Å². The molecular weight excluding hydrogens is 395 g/mol. The van der Waals surface area contributed by atoms with Crippen LogP contribution in [0, 0.1) is 5.82 Å². The molecule has 0 aliphatic carbocycles. The molecule has 1 saturated heterocycles. The molecule has 2 N–H and O–H groups in total. The van der Waals surface area contributed by atoms with Crippen molar-refractivity contribution in [2.75, 3.05) is 17.2 Å². The Morgan fingerprint density at radius 1 is 1.14 bits per heavy atom. The highest BCUT2D eigenvalue weighted by Crippen LogP contribution is 2.22. The summed E-state index contributed by atoms with van der Waals surface area (Å²) in [4.78, 5) is 23.9. The number of amides is 2. The Morgan fingerprint density at radius 3 is 2.48 bits per heavy atom. The summed E-state index contributed by atoms with van der Waals surface area (Å²) in [6, 6.07) is 10.9. The van der Waals surface area contributed by atoms with E-state index < -0.39 is 11.9 Å². The maximum atomic E-state index is 14.0. The van der Waals surface area contributed by atoms with Crippen LogP contribution in [0.4, 0.5) is 15.8 Å². The van der Waals surface area contributed by atoms with E-state index in [-0.39, 0.29) is 22.4 Å². The van der Waals surface area contributed by atoms with Crippen LogP contribution in [0.25, 0.3) is 0 Å². The Balaban J connectivity index is 1.69. The van der Waals surface area contributed by atoms with E-state index >= 15 is 0 Å². The van der Waals surface area contributed by atoms with Gasteiger partial charge in [-0.05, 0) is 55.7 Å². The minimum atomic E-state index is -0.460. The second-order valence-electron chi connectivity index (χ2n) is 6.80. The summed E-state index contributed by atoms with van der Waals surface area (Å²) in [5, 5.41) is 11.8. The van der Waals surface area contributed by atoms with E-state index in [1.165, 1.54) is 25.3 Å². The molecule has 0 radical (unpaired) electrons. The second-order valence-corrected chi connectivity index (χ2v) is 7.21. The van der Waals surface area contributed by atoms with Crippen LogP contribution in [-0.4, -0.2) is 35.6 Å². The first kappa shape index (κ1) is 20.8. The SMILES string of the molecule is CC(=O)Nc1ccc(NC(=O)C2CCCCN2/N=C/c2c(F)cccc2Cl)cc1. The number of rotatable bonds is 5. The summed E-state index contributed by atoms with van der Waals surface area (Å²) in [6.45, 7) is 2.03. The average Bonchev–Trinajstić information content (AvgIpc) is 2.69. The molecule has 29 heavy (non-hydrogen) atoms. The maximum absolute atomic E-state index is 14.0. The zero-order valence-electron chi connectivity index (χ0n) is 16.0. The zero-order valence-corrected chi connectivity index (χ0v) is 16.7. The van der Waals surface area contributed by atoms with Crippen molar-refractivity contribution in [1.29, 1.82) is 0 Å². The normalized spacial score (nSPS) is 16.7. The molecule has 1 aliphatic rings. The molecule has 2 aromatic rings. The Hall–Kier alpha value is -2.93. The fourth-order valence-electron chi connectivity index (χ4n) is 3.15. The van der Waals surface area contributed by atoms with Crippen LogP contribution in [-0.2, 0) is 9.59 Å². The van der Waals surface area contributed by atoms with E-state index in [1.54, 1.807) is 35.3 Å². The Labute approximate surface area is 173 Å². The molecule has 2 aromatic carbocycles. The van der Waals surface area contributed by atoms with E-state index in [0.717, 1.165) is 12.8 Å². The van der Waals surface area contributed by atoms with Crippen molar-refractivity contribution in [3.8, 4) is 0 Å². The first-order valence-corrected chi connectivity index (χ1v) is 9.75. The van der Waals surface area contributed by atoms with E-state index in [4.69, 9.17) is 11.6 Å². The van der Waals surface area contributed by atoms with Gasteiger partial charge in [0, 0.05) is 30.4 Å². The van der Waals surface area contributed by atoms with Crippen molar-refractivity contribution < 1.29 is 14.0 Å². The number of hydrazone groups is 1. The van der Waals surface area contributed by atoms with Crippen LogP contribution in [0.1, 0.15) is 31.7 Å². The fourth-order valence-corrected chi connectivity index (χ4v) is 3.36. The van der Waals surface area contributed by atoms with E-state index in [0.29, 0.717) is 24.3 Å². The molecule has 2 amide bonds. The molecular formula is C21H22ClFN4O2. The van der Waals surface area contributed by atoms with E-state index in [1.807, 2.05) is 0 Å². The maximum Gasteiger partial charge on any atom is 0.248 e. The molecule has 0 saturated carbocycles. The highest BCUT2D eigenvalue weighted by atomic mass is 35.5. The van der Waals surface area contributed by atoms with Gasteiger partial charge in [0.1, 0.15) is 11.9 Å². The third-order valence-electron chi connectivity index (χ3n) is 4.58. The number of anilines is 2. The minimum Gasteiger partial charge on any atom is -0.326 e. The van der Waals surface area contributed by atoms with Gasteiger partial charge in [0.25, 0.3) is 0 Å². The summed E-state index contributed by atoms with van der Waals surface area (Å²) in [5.74, 6) is -0.806. The number of carbonyl (C=O) groups excluding carboxylic acids is 2. The largest absolute Gasteiger partial charge is 0.326 e. The van der Waals surface area contributed by atoms with Gasteiger partial charge in [-0.15, -0.1) is 0 Å². The number of halogens is 2. The Morgan fingerprint density at radius 2 is 1.83 bits per heavy atom. The number of nitrogens with one attached hydrogen (secondary N) is 2. The van der Waals surface area contributed by atoms with Gasteiger partial charge in [-0.3, -0.25) is 14.6 Å². The predicted octanol–water partition coefficient (Wildman–Crippen LogP) is 4.26. The third kappa shape index (κ3) is 5.54. The minimum absolute atomic E-state index is 0.160. The Bertz CT molecular complexity index is 897. The van der Waals surface area contributed by atoms with Crippen molar-refractivity contribution in [3.05, 3.63) is 58.9 Å². The Kier molecular flexibility index (Phi) is 6.82. The van der Waals surface area contributed by atoms with Gasteiger partial charge in [0.15, 0.2) is 0 Å². The van der Waals surface area contributed by atoms with Crippen LogP contribution in [0.5, 0.6) is 0 Å². The fraction of sp³-hybridized carbons (Fsp3) is 0.286. The summed E-state index contributed by atoms with van der Waals surface area (Å²) in [7, 11) is 0. The second kappa shape index (κ2) is 9.52. The van der Waals surface area contributed by atoms with E-state index in [2.05, 4.69) is 15.7 Å². The topological polar surface area (TPSA) is 73.8 Å². The number of nitrogens with zero attached hydrogens (tertiary/aromatic N) is 2. The number of hydrogen-bond acceptors (Lipinski definition) is 4. The first-order valence-electron chi connectivity index (χ1n) is 9.37. The molecule has 1 unspecified atom stereocenters. The van der Waals surface area contributed by atoms with Crippen LogP contribution >= 0.6 is 11.6 Å². The van der Waals surface area contributed by atoms with E-state index in [9.17, 15) is 14.0 Å². The first-order chi connectivity index (χ1) is 13.9. The average molecular weight is 417 g/mol. The smallest absolute Gasteiger partial charge is 0.248 e. The molecule has 0 spiro atoms. The standard InChI is InChI=1S/C21H22ClFN4O2/c1-14(28)25-15-8-10-16(11-9-15)26-21(29)20-7-2-3-12-27(20)24-13-17-18(22)5-4-6-19(17)23/h4-6,8-11,13,20H,2-3,7,12H2,1H3,(H,25,28)(H,26,29)/b24-13+. The van der Waals surface area contributed by atoms with Crippen molar-refractivity contribution in [2.24, 2.45) is 5.10 Å². The molecule has 1 heterocycles. The van der Waals surface area contributed by atoms with Gasteiger partial charge in [-0.1, -0.05) is 17.7 Å². The van der Waals surface area contributed by atoms with Crippen LogP contribution in [0.15, 0.2) is 47.6 Å². The highest BCUT2D eigenvalue weighted by molar-refractivity contribution is 6.33. The summed E-state index contributed by atoms with van der Waals surface area (Å²) in [6.07, 6.45) is 3.83. The highest BCUT2D eigenvalue weighted by Gasteiger charge is 2.28. The zero-order chi connectivity index (χ0) is 20.8. The number of hydrogen-bond donors (Lipinski definition) is 2. The lowest BCUT2D eigenvalue weighted by molar-refractivity contribution is -0.122. The third-order valence-corrected chi connectivity index (χ3v) is 4.91. The van der Waals surface area contributed by atoms with Crippen molar-refractivity contribution in [1.82, 2.24) is 5.01 Å². The van der Waals surface area contributed by atoms with Gasteiger partial charge in [-0.2, -0.15) is 5.10 Å². The van der Waals surface area contributed by atoms with Crippen LogP contribution in [0.3, 0.4) is 0 Å². The van der Waals surface area contributed by atoms with Gasteiger partial charge >= 0.3 is 0 Å².